The minimum Gasteiger partial charge on any atom is -0.507 e. The Bertz CT molecular complexity index is 1780. The summed E-state index contributed by atoms with van der Waals surface area (Å²) >= 11 is 0. The van der Waals surface area contributed by atoms with E-state index in [9.17, 15) is 19.8 Å². The quantitative estimate of drug-likeness (QED) is 0.174. The number of benzene rings is 1. The van der Waals surface area contributed by atoms with Gasteiger partial charge in [-0.05, 0) is 62.9 Å². The SMILES string of the molecule is C/C=C(/C)C(=O)O[C@@H]1Cc2c(c(Cc3ccnc(N)c3)c3oc(CO)cc(=O)c3c2O)O[C@@]1(C)CCc1ccc(N)nc1. The third-order valence-electron chi connectivity index (χ3n) is 7.89. The van der Waals surface area contributed by atoms with Crippen LogP contribution < -0.4 is 21.6 Å². The second-order valence-electron chi connectivity index (χ2n) is 10.9. The maximum absolute atomic E-state index is 13.2. The van der Waals surface area contributed by atoms with Gasteiger partial charge < -0.3 is 35.6 Å². The molecule has 4 heterocycles. The Kier molecular flexibility index (Phi) is 8.10. The number of phenolic OH excluding ortho intramolecular Hbond substituents is 1. The van der Waals surface area contributed by atoms with Gasteiger partial charge in [0.25, 0.3) is 0 Å². The van der Waals surface area contributed by atoms with Crippen LogP contribution in [0.3, 0.4) is 0 Å². The van der Waals surface area contributed by atoms with Crippen molar-refractivity contribution in [3.05, 3.63) is 92.6 Å². The highest BCUT2D eigenvalue weighted by molar-refractivity contribution is 5.91. The molecule has 1 aliphatic rings. The number of ether oxygens (including phenoxy) is 2. The normalized spacial score (nSPS) is 18.2. The second kappa shape index (κ2) is 11.8. The molecule has 0 radical (unpaired) electrons. The minimum atomic E-state index is -1.07. The van der Waals surface area contributed by atoms with E-state index in [0.717, 1.165) is 17.2 Å². The van der Waals surface area contributed by atoms with Crippen molar-refractivity contribution in [1.29, 1.82) is 0 Å². The molecule has 6 N–H and O–H groups in total. The lowest BCUT2D eigenvalue weighted by Gasteiger charge is -2.43. The van der Waals surface area contributed by atoms with Crippen LogP contribution in [-0.2, 0) is 35.4 Å². The van der Waals surface area contributed by atoms with Crippen LogP contribution >= 0.6 is 0 Å². The molecule has 4 aromatic rings. The molecule has 0 bridgehead atoms. The number of phenols is 1. The number of anilines is 2. The monoisotopic (exact) mass is 586 g/mol. The van der Waals surface area contributed by atoms with E-state index >= 15 is 0 Å². The number of rotatable bonds is 8. The van der Waals surface area contributed by atoms with E-state index in [2.05, 4.69) is 9.97 Å². The Morgan fingerprint density at radius 2 is 1.98 bits per heavy atom. The molecule has 0 spiro atoms. The number of hydrogen-bond donors (Lipinski definition) is 4. The largest absolute Gasteiger partial charge is 0.507 e. The molecular weight excluding hydrogens is 552 g/mol. The number of aromatic nitrogens is 2. The topological polar surface area (TPSA) is 184 Å². The van der Waals surface area contributed by atoms with Gasteiger partial charge in [-0.2, -0.15) is 0 Å². The third-order valence-corrected chi connectivity index (χ3v) is 7.89. The van der Waals surface area contributed by atoms with Crippen LogP contribution in [0.5, 0.6) is 11.5 Å². The van der Waals surface area contributed by atoms with Crippen LogP contribution in [0, 0.1) is 0 Å². The molecule has 224 valence electrons. The summed E-state index contributed by atoms with van der Waals surface area (Å²) in [5.74, 6) is 0.219. The first-order valence-corrected chi connectivity index (χ1v) is 13.9. The van der Waals surface area contributed by atoms with Gasteiger partial charge in [-0.15, -0.1) is 0 Å². The number of allylic oxidation sites excluding steroid dienone is 1. The number of fused-ring (bicyclic) bond motifs is 2. The van der Waals surface area contributed by atoms with E-state index in [-0.39, 0.29) is 35.3 Å². The average molecular weight is 587 g/mol. The van der Waals surface area contributed by atoms with Crippen LogP contribution in [0.1, 0.15) is 55.2 Å². The summed E-state index contributed by atoms with van der Waals surface area (Å²) in [6.45, 7) is 4.73. The number of nitrogens with two attached hydrogens (primary N) is 2. The van der Waals surface area contributed by atoms with Gasteiger partial charge in [-0.25, -0.2) is 14.8 Å². The molecule has 5 rings (SSSR count). The van der Waals surface area contributed by atoms with E-state index in [1.165, 1.54) is 0 Å². The van der Waals surface area contributed by atoms with Gasteiger partial charge in [0, 0.05) is 48.0 Å². The average Bonchev–Trinajstić information content (AvgIpc) is 2.99. The number of nitrogen functional groups attached to an aromatic ring is 2. The number of aliphatic hydroxyl groups is 1. The number of aliphatic hydroxyl groups excluding tert-OH is 1. The van der Waals surface area contributed by atoms with Crippen LogP contribution in [0.2, 0.25) is 0 Å². The summed E-state index contributed by atoms with van der Waals surface area (Å²) < 4.78 is 18.7. The Labute approximate surface area is 247 Å². The number of aromatic hydroxyl groups is 1. The number of carbonyl (C=O) groups is 1. The van der Waals surface area contributed by atoms with E-state index in [4.69, 9.17) is 25.4 Å². The Morgan fingerprint density at radius 3 is 2.65 bits per heavy atom. The molecule has 0 saturated carbocycles. The molecule has 1 aliphatic heterocycles. The van der Waals surface area contributed by atoms with E-state index in [0.29, 0.717) is 46.9 Å². The zero-order valence-electron chi connectivity index (χ0n) is 24.2. The van der Waals surface area contributed by atoms with Crippen molar-refractivity contribution in [2.45, 2.75) is 64.8 Å². The minimum absolute atomic E-state index is 0.0374. The lowest BCUT2D eigenvalue weighted by atomic mass is 9.82. The zero-order chi connectivity index (χ0) is 30.9. The first kappa shape index (κ1) is 29.6. The fourth-order valence-electron chi connectivity index (χ4n) is 5.28. The molecule has 0 unspecified atom stereocenters. The maximum atomic E-state index is 13.2. The molecule has 0 saturated heterocycles. The van der Waals surface area contributed by atoms with Gasteiger partial charge in [-0.3, -0.25) is 4.79 Å². The van der Waals surface area contributed by atoms with E-state index < -0.39 is 29.7 Å². The molecule has 3 aromatic heterocycles. The standard InChI is InChI=1S/C32H34N4O7/c1-4-17(2)31(40)42-24-14-21-28(39)27-23(38)13-20(16-37)41-30(27)22(11-19-8-10-35-26(34)12-19)29(21)43-32(24,3)9-7-18-5-6-25(33)36-15-18/h4-6,8,10,12-13,15,24,37,39H,7,9,11,14,16H2,1-3H3,(H2,33,36)(H2,34,35)/b17-4-/t24-,32+/m1/s1. The van der Waals surface area contributed by atoms with Crippen LogP contribution in [0.25, 0.3) is 11.0 Å². The van der Waals surface area contributed by atoms with Gasteiger partial charge in [0.15, 0.2) is 5.43 Å². The van der Waals surface area contributed by atoms with Crippen LogP contribution in [0.15, 0.2) is 63.6 Å². The van der Waals surface area contributed by atoms with Gasteiger partial charge in [-0.1, -0.05) is 12.1 Å². The van der Waals surface area contributed by atoms with Crippen LogP contribution in [-0.4, -0.2) is 37.9 Å². The summed E-state index contributed by atoms with van der Waals surface area (Å²) in [5, 5.41) is 21.2. The first-order chi connectivity index (χ1) is 20.5. The van der Waals surface area contributed by atoms with Gasteiger partial charge in [0.05, 0.1) is 0 Å². The number of esters is 1. The van der Waals surface area contributed by atoms with E-state index in [1.807, 2.05) is 13.0 Å². The summed E-state index contributed by atoms with van der Waals surface area (Å²) in [6.07, 6.45) is 5.31. The Balaban J connectivity index is 1.69. The zero-order valence-corrected chi connectivity index (χ0v) is 24.2. The molecule has 1 aromatic carbocycles. The third kappa shape index (κ3) is 5.89. The van der Waals surface area contributed by atoms with Crippen molar-refractivity contribution >= 4 is 28.6 Å². The van der Waals surface area contributed by atoms with Crippen molar-refractivity contribution in [2.24, 2.45) is 0 Å². The maximum Gasteiger partial charge on any atom is 0.333 e. The molecule has 0 amide bonds. The summed E-state index contributed by atoms with van der Waals surface area (Å²) in [5.41, 5.74) is 13.1. The number of carbonyl (C=O) groups excluding carboxylic acids is 1. The molecule has 11 nitrogen and oxygen atoms in total. The summed E-state index contributed by atoms with van der Waals surface area (Å²) in [7, 11) is 0. The fraction of sp³-hybridized carbons (Fsp3) is 0.312. The fourth-order valence-corrected chi connectivity index (χ4v) is 5.28. The molecule has 2 atom stereocenters. The Morgan fingerprint density at radius 1 is 1.19 bits per heavy atom. The highest BCUT2D eigenvalue weighted by atomic mass is 16.6. The lowest BCUT2D eigenvalue weighted by molar-refractivity contribution is -0.158. The van der Waals surface area contributed by atoms with Crippen LogP contribution in [0.4, 0.5) is 11.6 Å². The predicted molar refractivity (Wildman–Crippen MR) is 161 cm³/mol. The Hall–Kier alpha value is -4.90. The van der Waals surface area contributed by atoms with E-state index in [1.54, 1.807) is 50.5 Å². The second-order valence-corrected chi connectivity index (χ2v) is 10.9. The molecular formula is C32H34N4O7. The first-order valence-electron chi connectivity index (χ1n) is 13.9. The van der Waals surface area contributed by atoms with Gasteiger partial charge in [0.2, 0.25) is 0 Å². The highest BCUT2D eigenvalue weighted by Gasteiger charge is 2.46. The van der Waals surface area contributed by atoms with Crippen molar-refractivity contribution in [3.8, 4) is 11.5 Å². The number of hydrogen-bond acceptors (Lipinski definition) is 11. The van der Waals surface area contributed by atoms with Crippen molar-refractivity contribution in [1.82, 2.24) is 9.97 Å². The summed E-state index contributed by atoms with van der Waals surface area (Å²) in [4.78, 5) is 34.4. The molecule has 0 fully saturated rings. The highest BCUT2D eigenvalue weighted by Crippen LogP contribution is 2.48. The van der Waals surface area contributed by atoms with Crippen molar-refractivity contribution in [2.75, 3.05) is 11.5 Å². The van der Waals surface area contributed by atoms with Crippen molar-refractivity contribution in [3.63, 3.8) is 0 Å². The summed E-state index contributed by atoms with van der Waals surface area (Å²) in [6, 6.07) is 8.20. The predicted octanol–water partition coefficient (Wildman–Crippen LogP) is 3.74. The number of nitrogens with zero attached hydrogens (tertiary/aromatic N) is 2. The van der Waals surface area contributed by atoms with Gasteiger partial charge >= 0.3 is 5.97 Å². The number of aryl methyl sites for hydroxylation is 1. The molecule has 43 heavy (non-hydrogen) atoms. The lowest BCUT2D eigenvalue weighted by Crippen LogP contribution is -2.51. The molecule has 0 aliphatic carbocycles. The van der Waals surface area contributed by atoms with Crippen molar-refractivity contribution < 1.29 is 28.9 Å². The van der Waals surface area contributed by atoms with Gasteiger partial charge in [0.1, 0.15) is 58.2 Å². The smallest absolute Gasteiger partial charge is 0.333 e. The number of pyridine rings is 2. The molecule has 11 heteroatoms.